The van der Waals surface area contributed by atoms with Gasteiger partial charge in [0.2, 0.25) is 0 Å². The van der Waals surface area contributed by atoms with E-state index in [1.807, 2.05) is 26.8 Å². The summed E-state index contributed by atoms with van der Waals surface area (Å²) in [5.74, 6) is 2.55. The third-order valence-electron chi connectivity index (χ3n) is 7.30. The molecule has 0 saturated heterocycles. The van der Waals surface area contributed by atoms with Gasteiger partial charge >= 0.3 is 0 Å². The maximum atomic E-state index is 10.1. The normalized spacial score (nSPS) is 13.6. The molecule has 4 aromatic rings. The molecule has 4 heterocycles. The van der Waals surface area contributed by atoms with Crippen LogP contribution in [-0.2, 0) is 19.5 Å². The average molecular weight is 563 g/mol. The first-order valence-electron chi connectivity index (χ1n) is 13.5. The lowest BCUT2D eigenvalue weighted by Gasteiger charge is -2.22. The van der Waals surface area contributed by atoms with Crippen molar-refractivity contribution < 1.29 is 14.4 Å². The summed E-state index contributed by atoms with van der Waals surface area (Å²) >= 11 is 6.71. The summed E-state index contributed by atoms with van der Waals surface area (Å²) in [4.78, 5) is 17.1. The SMILES string of the molecule is CCc1cc2c(c(C)n1)CN(c1nc(-c3cc(OC[C@H](O)CNC)ccc3Cl)nc(-c3c(C)noc3C)c1C)C2. The standard InChI is InChI=1S/C30H35ClN6O3/c1-7-21-10-20-13-37(14-25(20)17(3)33-21)30-16(2)28(27-18(4)36-40-19(27)5)34-29(35-30)24-11-23(8-9-26(24)31)39-15-22(38)12-32-6/h8-11,22,32,38H,7,12-15H2,1-6H3/t22-/m1/s1. The van der Waals surface area contributed by atoms with Crippen molar-refractivity contribution in [1.29, 1.82) is 0 Å². The van der Waals surface area contributed by atoms with Crippen molar-refractivity contribution >= 4 is 17.4 Å². The van der Waals surface area contributed by atoms with Crippen LogP contribution in [-0.4, -0.2) is 51.5 Å². The molecule has 2 N–H and O–H groups in total. The summed E-state index contributed by atoms with van der Waals surface area (Å²) in [7, 11) is 1.78. The van der Waals surface area contributed by atoms with E-state index in [0.717, 1.165) is 52.7 Å². The van der Waals surface area contributed by atoms with E-state index in [1.54, 1.807) is 19.2 Å². The van der Waals surface area contributed by atoms with Crippen molar-refractivity contribution in [2.75, 3.05) is 25.1 Å². The largest absolute Gasteiger partial charge is 0.491 e. The lowest BCUT2D eigenvalue weighted by Crippen LogP contribution is -2.29. The van der Waals surface area contributed by atoms with Gasteiger partial charge in [0, 0.05) is 42.1 Å². The Hall–Kier alpha value is -3.53. The molecule has 1 aliphatic heterocycles. The van der Waals surface area contributed by atoms with E-state index in [0.29, 0.717) is 41.0 Å². The van der Waals surface area contributed by atoms with Crippen LogP contribution in [0.5, 0.6) is 5.75 Å². The number of ether oxygens (including phenoxy) is 1. The van der Waals surface area contributed by atoms with E-state index >= 15 is 0 Å². The first kappa shape index (κ1) is 28.0. The Morgan fingerprint density at radius 2 is 1.90 bits per heavy atom. The van der Waals surface area contributed by atoms with Crippen LogP contribution in [0, 0.1) is 27.7 Å². The predicted molar refractivity (Wildman–Crippen MR) is 156 cm³/mol. The van der Waals surface area contributed by atoms with Gasteiger partial charge in [0.25, 0.3) is 0 Å². The molecule has 0 fully saturated rings. The fourth-order valence-corrected chi connectivity index (χ4v) is 5.43. The molecule has 210 valence electrons. The molecule has 1 atom stereocenters. The van der Waals surface area contributed by atoms with Gasteiger partial charge in [-0.25, -0.2) is 9.97 Å². The molecule has 0 amide bonds. The summed E-state index contributed by atoms with van der Waals surface area (Å²) in [5.41, 5.74) is 8.61. The Kier molecular flexibility index (Phi) is 8.07. The Bertz CT molecular complexity index is 1530. The van der Waals surface area contributed by atoms with Crippen molar-refractivity contribution in [2.45, 2.75) is 60.2 Å². The van der Waals surface area contributed by atoms with Gasteiger partial charge in [-0.1, -0.05) is 23.7 Å². The van der Waals surface area contributed by atoms with Crippen LogP contribution in [0.1, 0.15) is 46.5 Å². The molecule has 1 aromatic carbocycles. The second kappa shape index (κ2) is 11.5. The topological polar surface area (TPSA) is 109 Å². The fraction of sp³-hybridized carbons (Fsp3) is 0.400. The molecule has 40 heavy (non-hydrogen) atoms. The Labute approximate surface area is 239 Å². The van der Waals surface area contributed by atoms with Crippen LogP contribution in [0.3, 0.4) is 0 Å². The first-order valence-corrected chi connectivity index (χ1v) is 13.9. The van der Waals surface area contributed by atoms with Gasteiger partial charge in [0.15, 0.2) is 5.82 Å². The summed E-state index contributed by atoms with van der Waals surface area (Å²) in [6.07, 6.45) is 0.254. The van der Waals surface area contributed by atoms with Crippen LogP contribution >= 0.6 is 11.6 Å². The molecular formula is C30H35ClN6O3. The number of fused-ring (bicyclic) bond motifs is 1. The van der Waals surface area contributed by atoms with Crippen LogP contribution in [0.15, 0.2) is 28.8 Å². The molecular weight excluding hydrogens is 528 g/mol. The van der Waals surface area contributed by atoms with Gasteiger partial charge in [-0.2, -0.15) is 0 Å². The van der Waals surface area contributed by atoms with Crippen LogP contribution in [0.25, 0.3) is 22.6 Å². The minimum absolute atomic E-state index is 0.144. The lowest BCUT2D eigenvalue weighted by atomic mass is 10.0. The van der Waals surface area contributed by atoms with Gasteiger partial charge in [0.1, 0.15) is 30.0 Å². The molecule has 5 rings (SSSR count). The zero-order chi connectivity index (χ0) is 28.6. The van der Waals surface area contributed by atoms with E-state index in [1.165, 1.54) is 11.1 Å². The number of anilines is 1. The highest BCUT2D eigenvalue weighted by Crippen LogP contribution is 2.39. The second-order valence-corrected chi connectivity index (χ2v) is 10.7. The van der Waals surface area contributed by atoms with E-state index < -0.39 is 6.10 Å². The summed E-state index contributed by atoms with van der Waals surface area (Å²) in [6, 6.07) is 7.57. The molecule has 1 aliphatic rings. The number of halogens is 1. The number of rotatable bonds is 9. The van der Waals surface area contributed by atoms with Gasteiger partial charge in [0.05, 0.1) is 22.0 Å². The molecule has 0 aliphatic carbocycles. The number of benzene rings is 1. The van der Waals surface area contributed by atoms with E-state index in [2.05, 4.69) is 35.3 Å². The molecule has 0 radical (unpaired) electrons. The monoisotopic (exact) mass is 562 g/mol. The minimum Gasteiger partial charge on any atom is -0.491 e. The highest BCUT2D eigenvalue weighted by Gasteiger charge is 2.28. The van der Waals surface area contributed by atoms with Gasteiger partial charge in [-0.05, 0) is 76.6 Å². The number of aryl methyl sites for hydroxylation is 4. The molecule has 0 unspecified atom stereocenters. The molecule has 3 aromatic heterocycles. The smallest absolute Gasteiger partial charge is 0.163 e. The Morgan fingerprint density at radius 1 is 1.10 bits per heavy atom. The number of pyridine rings is 1. The number of hydrogen-bond acceptors (Lipinski definition) is 9. The highest BCUT2D eigenvalue weighted by atomic mass is 35.5. The predicted octanol–water partition coefficient (Wildman–Crippen LogP) is 5.12. The number of nitrogens with one attached hydrogen (secondary N) is 1. The fourth-order valence-electron chi connectivity index (χ4n) is 5.23. The Morgan fingerprint density at radius 3 is 2.60 bits per heavy atom. The van der Waals surface area contributed by atoms with Crippen LogP contribution in [0.4, 0.5) is 5.82 Å². The van der Waals surface area contributed by atoms with Crippen molar-refractivity contribution in [3.63, 3.8) is 0 Å². The minimum atomic E-state index is -0.638. The number of nitrogens with zero attached hydrogens (tertiary/aromatic N) is 5. The molecule has 9 nitrogen and oxygen atoms in total. The van der Waals surface area contributed by atoms with Gasteiger partial charge < -0.3 is 24.6 Å². The van der Waals surface area contributed by atoms with Gasteiger partial charge in [-0.15, -0.1) is 0 Å². The summed E-state index contributed by atoms with van der Waals surface area (Å²) in [6.45, 7) is 12.1. The molecule has 0 bridgehead atoms. The highest BCUT2D eigenvalue weighted by molar-refractivity contribution is 6.33. The maximum absolute atomic E-state index is 10.1. The van der Waals surface area contributed by atoms with Crippen molar-refractivity contribution in [1.82, 2.24) is 25.4 Å². The van der Waals surface area contributed by atoms with E-state index in [9.17, 15) is 5.11 Å². The first-order chi connectivity index (χ1) is 19.2. The average Bonchev–Trinajstić information content (AvgIpc) is 3.51. The number of aromatic nitrogens is 4. The van der Waals surface area contributed by atoms with Crippen molar-refractivity contribution in [3.8, 4) is 28.4 Å². The lowest BCUT2D eigenvalue weighted by molar-refractivity contribution is 0.108. The van der Waals surface area contributed by atoms with E-state index in [4.69, 9.17) is 35.8 Å². The molecule has 0 saturated carbocycles. The Balaban J connectivity index is 1.61. The number of likely N-dealkylation sites (N-methyl/N-ethyl adjacent to an activating group) is 1. The number of aliphatic hydroxyl groups excluding tert-OH is 1. The van der Waals surface area contributed by atoms with Crippen molar-refractivity contribution in [2.24, 2.45) is 0 Å². The number of hydrogen-bond donors (Lipinski definition) is 2. The third kappa shape index (κ3) is 5.41. The van der Waals surface area contributed by atoms with E-state index in [-0.39, 0.29) is 6.61 Å². The second-order valence-electron chi connectivity index (χ2n) is 10.3. The molecule has 0 spiro atoms. The van der Waals surface area contributed by atoms with Crippen LogP contribution in [0.2, 0.25) is 5.02 Å². The maximum Gasteiger partial charge on any atom is 0.163 e. The quantitative estimate of drug-likeness (QED) is 0.287. The zero-order valence-electron chi connectivity index (χ0n) is 23.8. The summed E-state index contributed by atoms with van der Waals surface area (Å²) < 4.78 is 11.4. The molecule has 10 heteroatoms. The zero-order valence-corrected chi connectivity index (χ0v) is 24.6. The third-order valence-corrected chi connectivity index (χ3v) is 7.63. The summed E-state index contributed by atoms with van der Waals surface area (Å²) in [5, 5.41) is 17.7. The van der Waals surface area contributed by atoms with Crippen molar-refractivity contribution in [3.05, 3.63) is 68.8 Å². The van der Waals surface area contributed by atoms with Gasteiger partial charge in [-0.3, -0.25) is 4.98 Å². The number of aliphatic hydroxyl groups is 1. The van der Waals surface area contributed by atoms with Crippen LogP contribution < -0.4 is 15.0 Å².